The summed E-state index contributed by atoms with van der Waals surface area (Å²) >= 11 is 1.25. The Balaban J connectivity index is 1.60. The first kappa shape index (κ1) is 23.5. The highest BCUT2D eigenvalue weighted by Gasteiger charge is 2.20. The lowest BCUT2D eigenvalue weighted by atomic mass is 10.0. The van der Waals surface area contributed by atoms with Crippen molar-refractivity contribution in [3.05, 3.63) is 71.3 Å². The molecule has 0 saturated carbocycles. The number of aromatic nitrogens is 3. The topological polar surface area (TPSA) is 88.9 Å². The van der Waals surface area contributed by atoms with Crippen molar-refractivity contribution in [1.29, 1.82) is 0 Å². The number of carbonyl (C=O) groups excluding carboxylic acids is 2. The van der Waals surface area contributed by atoms with Crippen LogP contribution in [0, 0.1) is 5.82 Å². The van der Waals surface area contributed by atoms with E-state index in [0.717, 1.165) is 11.3 Å². The molecule has 168 valence electrons. The number of halogens is 1. The molecule has 1 heterocycles. The SMILES string of the molecule is CC(C)c1ccccc1NC(=O)CSc1nnc([C@H](C)NC(=O)c2ccccc2F)n1C. The van der Waals surface area contributed by atoms with Crippen LogP contribution in [0.3, 0.4) is 0 Å². The van der Waals surface area contributed by atoms with Crippen molar-refractivity contribution in [1.82, 2.24) is 20.1 Å². The fraction of sp³-hybridized carbons (Fsp3) is 0.304. The maximum Gasteiger partial charge on any atom is 0.254 e. The molecular weight excluding hydrogens is 429 g/mol. The normalized spacial score (nSPS) is 11.9. The molecule has 0 bridgehead atoms. The van der Waals surface area contributed by atoms with Crippen LogP contribution in [0.1, 0.15) is 54.5 Å². The molecule has 7 nitrogen and oxygen atoms in total. The van der Waals surface area contributed by atoms with Gasteiger partial charge in [-0.15, -0.1) is 10.2 Å². The molecule has 2 aromatic carbocycles. The Morgan fingerprint density at radius 1 is 1.06 bits per heavy atom. The number of anilines is 1. The molecule has 0 fully saturated rings. The molecule has 0 aliphatic carbocycles. The average Bonchev–Trinajstić information content (AvgIpc) is 3.13. The zero-order chi connectivity index (χ0) is 23.3. The fourth-order valence-corrected chi connectivity index (χ4v) is 3.96. The molecule has 0 radical (unpaired) electrons. The van der Waals surface area contributed by atoms with Gasteiger partial charge in [-0.2, -0.15) is 0 Å². The molecule has 0 unspecified atom stereocenters. The van der Waals surface area contributed by atoms with Crippen molar-refractivity contribution in [3.63, 3.8) is 0 Å². The average molecular weight is 456 g/mol. The number of rotatable bonds is 8. The third-order valence-electron chi connectivity index (χ3n) is 4.91. The number of carbonyl (C=O) groups is 2. The van der Waals surface area contributed by atoms with E-state index >= 15 is 0 Å². The van der Waals surface area contributed by atoms with E-state index in [1.807, 2.05) is 24.3 Å². The predicted molar refractivity (Wildman–Crippen MR) is 123 cm³/mol. The van der Waals surface area contributed by atoms with Crippen molar-refractivity contribution >= 4 is 29.3 Å². The molecule has 0 spiro atoms. The molecule has 9 heteroatoms. The van der Waals surface area contributed by atoms with Gasteiger partial charge in [0.25, 0.3) is 5.91 Å². The van der Waals surface area contributed by atoms with Crippen molar-refractivity contribution in [2.75, 3.05) is 11.1 Å². The molecule has 32 heavy (non-hydrogen) atoms. The van der Waals surface area contributed by atoms with Gasteiger partial charge in [0.05, 0.1) is 17.4 Å². The van der Waals surface area contributed by atoms with Gasteiger partial charge in [0, 0.05) is 12.7 Å². The second-order valence-electron chi connectivity index (χ2n) is 7.65. The first-order valence-electron chi connectivity index (χ1n) is 10.2. The molecule has 3 aromatic rings. The predicted octanol–water partition coefficient (Wildman–Crippen LogP) is 4.30. The minimum atomic E-state index is -0.587. The van der Waals surface area contributed by atoms with Crippen LogP contribution in [0.5, 0.6) is 0 Å². The van der Waals surface area contributed by atoms with Crippen LogP contribution in [-0.2, 0) is 11.8 Å². The van der Waals surface area contributed by atoms with Crippen molar-refractivity contribution in [2.45, 2.75) is 37.9 Å². The molecular formula is C23H26FN5O2S. The number of para-hydroxylation sites is 1. The summed E-state index contributed by atoms with van der Waals surface area (Å²) in [6.45, 7) is 5.90. The zero-order valence-corrected chi connectivity index (χ0v) is 19.2. The smallest absolute Gasteiger partial charge is 0.254 e. The number of nitrogens with zero attached hydrogens (tertiary/aromatic N) is 3. The largest absolute Gasteiger partial charge is 0.342 e. The summed E-state index contributed by atoms with van der Waals surface area (Å²) in [6, 6.07) is 13.0. The van der Waals surface area contributed by atoms with Gasteiger partial charge in [0.2, 0.25) is 5.91 Å². The summed E-state index contributed by atoms with van der Waals surface area (Å²) < 4.78 is 15.6. The molecule has 2 amide bonds. The highest BCUT2D eigenvalue weighted by atomic mass is 32.2. The Bertz CT molecular complexity index is 1120. The van der Waals surface area contributed by atoms with E-state index in [0.29, 0.717) is 16.9 Å². The highest BCUT2D eigenvalue weighted by Crippen LogP contribution is 2.25. The number of amides is 2. The van der Waals surface area contributed by atoms with Crippen LogP contribution in [-0.4, -0.2) is 32.3 Å². The minimum absolute atomic E-state index is 0.0329. The molecule has 0 aliphatic rings. The van der Waals surface area contributed by atoms with Crippen molar-refractivity contribution in [3.8, 4) is 0 Å². The van der Waals surface area contributed by atoms with Gasteiger partial charge in [0.1, 0.15) is 5.82 Å². The van der Waals surface area contributed by atoms with Crippen LogP contribution in [0.15, 0.2) is 53.7 Å². The van der Waals surface area contributed by atoms with Gasteiger partial charge in [-0.05, 0) is 36.6 Å². The van der Waals surface area contributed by atoms with Crippen molar-refractivity contribution < 1.29 is 14.0 Å². The van der Waals surface area contributed by atoms with E-state index < -0.39 is 17.8 Å². The second kappa shape index (κ2) is 10.4. The van der Waals surface area contributed by atoms with E-state index in [2.05, 4.69) is 34.7 Å². The molecule has 3 rings (SSSR count). The number of benzene rings is 2. The summed E-state index contributed by atoms with van der Waals surface area (Å²) in [5, 5.41) is 14.5. The van der Waals surface area contributed by atoms with Crippen LogP contribution >= 0.6 is 11.8 Å². The first-order chi connectivity index (χ1) is 15.3. The summed E-state index contributed by atoms with van der Waals surface area (Å²) in [6.07, 6.45) is 0. The number of thioether (sulfide) groups is 1. The van der Waals surface area contributed by atoms with Gasteiger partial charge < -0.3 is 15.2 Å². The lowest BCUT2D eigenvalue weighted by Gasteiger charge is -2.14. The van der Waals surface area contributed by atoms with Gasteiger partial charge in [-0.3, -0.25) is 9.59 Å². The van der Waals surface area contributed by atoms with Gasteiger partial charge in [-0.25, -0.2) is 4.39 Å². The Morgan fingerprint density at radius 3 is 2.47 bits per heavy atom. The molecule has 1 aromatic heterocycles. The van der Waals surface area contributed by atoms with E-state index in [4.69, 9.17) is 0 Å². The summed E-state index contributed by atoms with van der Waals surface area (Å²) in [5.41, 5.74) is 1.84. The highest BCUT2D eigenvalue weighted by molar-refractivity contribution is 7.99. The third-order valence-corrected chi connectivity index (χ3v) is 5.93. The number of hydrogen-bond acceptors (Lipinski definition) is 5. The van der Waals surface area contributed by atoms with Crippen molar-refractivity contribution in [2.24, 2.45) is 7.05 Å². The second-order valence-corrected chi connectivity index (χ2v) is 8.60. The summed E-state index contributed by atoms with van der Waals surface area (Å²) in [7, 11) is 1.76. The van der Waals surface area contributed by atoms with E-state index in [9.17, 15) is 14.0 Å². The Morgan fingerprint density at radius 2 is 1.75 bits per heavy atom. The maximum absolute atomic E-state index is 13.8. The molecule has 0 saturated heterocycles. The molecule has 0 aliphatic heterocycles. The Kier molecular flexibility index (Phi) is 7.63. The summed E-state index contributed by atoms with van der Waals surface area (Å²) in [4.78, 5) is 24.8. The molecule has 1 atom stereocenters. The van der Waals surface area contributed by atoms with Crippen LogP contribution < -0.4 is 10.6 Å². The Hall–Kier alpha value is -3.20. The van der Waals surface area contributed by atoms with Crippen LogP contribution in [0.4, 0.5) is 10.1 Å². The Labute approximate surface area is 190 Å². The fourth-order valence-electron chi connectivity index (χ4n) is 3.24. The van der Waals surface area contributed by atoms with Crippen LogP contribution in [0.2, 0.25) is 0 Å². The van der Waals surface area contributed by atoms with Gasteiger partial charge in [-0.1, -0.05) is 55.9 Å². The first-order valence-corrected chi connectivity index (χ1v) is 11.2. The molecule has 2 N–H and O–H groups in total. The summed E-state index contributed by atoms with van der Waals surface area (Å²) in [5.74, 6) is -0.306. The zero-order valence-electron chi connectivity index (χ0n) is 18.4. The monoisotopic (exact) mass is 455 g/mol. The number of hydrogen-bond donors (Lipinski definition) is 2. The van der Waals surface area contributed by atoms with Gasteiger partial charge in [0.15, 0.2) is 11.0 Å². The minimum Gasteiger partial charge on any atom is -0.342 e. The van der Waals surface area contributed by atoms with E-state index in [-0.39, 0.29) is 17.2 Å². The van der Waals surface area contributed by atoms with E-state index in [1.165, 1.54) is 30.0 Å². The van der Waals surface area contributed by atoms with Crippen LogP contribution in [0.25, 0.3) is 0 Å². The lowest BCUT2D eigenvalue weighted by molar-refractivity contribution is -0.113. The maximum atomic E-state index is 13.8. The van der Waals surface area contributed by atoms with E-state index in [1.54, 1.807) is 24.6 Å². The van der Waals surface area contributed by atoms with Gasteiger partial charge >= 0.3 is 0 Å². The third kappa shape index (κ3) is 5.53. The standard InChI is InChI=1S/C23H26FN5O2S/c1-14(2)16-9-6-8-12-19(16)26-20(30)13-32-23-28-27-21(29(23)4)15(3)25-22(31)17-10-5-7-11-18(17)24/h5-12,14-15H,13H2,1-4H3,(H,25,31)(H,26,30)/t15-/m0/s1. The number of nitrogens with one attached hydrogen (secondary N) is 2. The lowest BCUT2D eigenvalue weighted by Crippen LogP contribution is -2.29. The quantitative estimate of drug-likeness (QED) is 0.495.